The number of hydrogen-bond donors (Lipinski definition) is 1. The maximum Gasteiger partial charge on any atom is 0.131 e. The molecule has 0 amide bonds. The van der Waals surface area contributed by atoms with Crippen LogP contribution in [-0.4, -0.2) is 26.0 Å². The maximum atomic E-state index is 10.8. The van der Waals surface area contributed by atoms with Crippen LogP contribution < -0.4 is 10.1 Å². The number of ether oxygens (including phenoxy) is 1. The Labute approximate surface area is 116 Å². The zero-order valence-electron chi connectivity index (χ0n) is 12.7. The van der Waals surface area contributed by atoms with E-state index in [1.54, 1.807) is 14.0 Å². The second kappa shape index (κ2) is 7.29. The van der Waals surface area contributed by atoms with Gasteiger partial charge >= 0.3 is 0 Å². The lowest BCUT2D eigenvalue weighted by Crippen LogP contribution is -2.21. The molecule has 1 N–H and O–H groups in total. The molecule has 19 heavy (non-hydrogen) atoms. The first-order chi connectivity index (χ1) is 8.97. The van der Waals surface area contributed by atoms with E-state index in [0.29, 0.717) is 6.42 Å². The Morgan fingerprint density at radius 2 is 1.89 bits per heavy atom. The van der Waals surface area contributed by atoms with Gasteiger partial charge in [0.05, 0.1) is 7.11 Å². The van der Waals surface area contributed by atoms with Crippen LogP contribution in [0.25, 0.3) is 0 Å². The average Bonchev–Trinajstić information content (AvgIpc) is 2.36. The molecule has 0 bridgehead atoms. The minimum atomic E-state index is 0.236. The van der Waals surface area contributed by atoms with E-state index in [9.17, 15) is 4.79 Å². The molecule has 0 atom stereocenters. The quantitative estimate of drug-likeness (QED) is 0.769. The molecule has 0 saturated carbocycles. The molecular formula is C16H25NO2. The number of Topliss-reactive ketones (excluding diaryl/α,β-unsaturated/α-hetero) is 1. The van der Waals surface area contributed by atoms with Gasteiger partial charge in [-0.2, -0.15) is 0 Å². The number of benzene rings is 1. The average molecular weight is 263 g/mol. The van der Waals surface area contributed by atoms with Gasteiger partial charge in [0, 0.05) is 13.0 Å². The fraction of sp³-hybridized carbons (Fsp3) is 0.562. The molecule has 0 radical (unpaired) electrons. The van der Waals surface area contributed by atoms with E-state index in [-0.39, 0.29) is 5.78 Å². The van der Waals surface area contributed by atoms with E-state index in [4.69, 9.17) is 4.74 Å². The summed E-state index contributed by atoms with van der Waals surface area (Å²) < 4.78 is 5.38. The number of rotatable bonds is 7. The third kappa shape index (κ3) is 4.35. The fourth-order valence-electron chi connectivity index (χ4n) is 2.30. The normalized spacial score (nSPS) is 10.6. The number of ketones is 1. The van der Waals surface area contributed by atoms with E-state index in [2.05, 4.69) is 32.2 Å². The fourth-order valence-corrected chi connectivity index (χ4v) is 2.30. The molecule has 0 aliphatic carbocycles. The molecule has 0 aromatic heterocycles. The molecule has 0 spiro atoms. The van der Waals surface area contributed by atoms with Crippen molar-refractivity contribution in [3.05, 3.63) is 28.3 Å². The van der Waals surface area contributed by atoms with Gasteiger partial charge in [0.25, 0.3) is 0 Å². The minimum Gasteiger partial charge on any atom is -0.496 e. The van der Waals surface area contributed by atoms with Gasteiger partial charge < -0.3 is 10.1 Å². The summed E-state index contributed by atoms with van der Waals surface area (Å²) in [6.07, 6.45) is 1.60. The van der Waals surface area contributed by atoms with Gasteiger partial charge in [-0.3, -0.25) is 4.79 Å². The zero-order chi connectivity index (χ0) is 14.4. The van der Waals surface area contributed by atoms with Crippen LogP contribution in [0.2, 0.25) is 0 Å². The van der Waals surface area contributed by atoms with Crippen molar-refractivity contribution in [3.63, 3.8) is 0 Å². The molecule has 1 aromatic carbocycles. The van der Waals surface area contributed by atoms with Crippen molar-refractivity contribution in [2.24, 2.45) is 0 Å². The number of hydrogen-bond acceptors (Lipinski definition) is 3. The molecule has 0 saturated heterocycles. The van der Waals surface area contributed by atoms with Crippen LogP contribution in [0.5, 0.6) is 5.75 Å². The van der Waals surface area contributed by atoms with Crippen molar-refractivity contribution in [1.82, 2.24) is 5.32 Å². The molecule has 106 valence electrons. The number of carbonyl (C=O) groups excluding carboxylic acids is 1. The highest BCUT2D eigenvalue weighted by molar-refractivity contribution is 5.75. The summed E-state index contributed by atoms with van der Waals surface area (Å²) in [7, 11) is 1.71. The van der Waals surface area contributed by atoms with Crippen LogP contribution >= 0.6 is 0 Å². The van der Waals surface area contributed by atoms with Crippen LogP contribution in [-0.2, 0) is 11.2 Å². The summed E-state index contributed by atoms with van der Waals surface area (Å²) in [5, 5.41) is 3.32. The first kappa shape index (κ1) is 15.7. The molecule has 3 heteroatoms. The van der Waals surface area contributed by atoms with Crippen molar-refractivity contribution in [3.8, 4) is 5.75 Å². The highest BCUT2D eigenvalue weighted by Gasteiger charge is 2.10. The van der Waals surface area contributed by atoms with Crippen LogP contribution in [0.1, 0.15) is 35.6 Å². The monoisotopic (exact) mass is 263 g/mol. The van der Waals surface area contributed by atoms with Crippen molar-refractivity contribution in [1.29, 1.82) is 0 Å². The molecule has 0 heterocycles. The molecule has 3 nitrogen and oxygen atoms in total. The second-order valence-electron chi connectivity index (χ2n) is 5.08. The molecule has 0 aliphatic heterocycles. The van der Waals surface area contributed by atoms with Crippen LogP contribution in [0.15, 0.2) is 6.07 Å². The highest BCUT2D eigenvalue weighted by atomic mass is 16.5. The van der Waals surface area contributed by atoms with Crippen LogP contribution in [0, 0.1) is 20.8 Å². The third-order valence-electron chi connectivity index (χ3n) is 3.63. The van der Waals surface area contributed by atoms with Crippen molar-refractivity contribution < 1.29 is 9.53 Å². The lowest BCUT2D eigenvalue weighted by Gasteiger charge is -2.16. The Morgan fingerprint density at radius 1 is 1.21 bits per heavy atom. The number of aryl methyl sites for hydroxylation is 1. The predicted octanol–water partition coefficient (Wildman–Crippen LogP) is 2.73. The summed E-state index contributed by atoms with van der Waals surface area (Å²) in [5.74, 6) is 1.20. The van der Waals surface area contributed by atoms with Gasteiger partial charge in [0.2, 0.25) is 0 Å². The summed E-state index contributed by atoms with van der Waals surface area (Å²) >= 11 is 0. The largest absolute Gasteiger partial charge is 0.496 e. The van der Waals surface area contributed by atoms with Gasteiger partial charge in [-0.05, 0) is 69.0 Å². The summed E-state index contributed by atoms with van der Waals surface area (Å²) in [4.78, 5) is 10.8. The zero-order valence-corrected chi connectivity index (χ0v) is 12.7. The van der Waals surface area contributed by atoms with Gasteiger partial charge in [0.1, 0.15) is 11.5 Å². The maximum absolute atomic E-state index is 10.8. The Bertz CT molecular complexity index is 453. The first-order valence-corrected chi connectivity index (χ1v) is 6.81. The van der Waals surface area contributed by atoms with Crippen molar-refractivity contribution in [2.45, 2.75) is 40.5 Å². The third-order valence-corrected chi connectivity index (χ3v) is 3.63. The van der Waals surface area contributed by atoms with E-state index >= 15 is 0 Å². The van der Waals surface area contributed by atoms with E-state index in [0.717, 1.165) is 25.3 Å². The lowest BCUT2D eigenvalue weighted by atomic mass is 9.95. The van der Waals surface area contributed by atoms with Gasteiger partial charge in [0.15, 0.2) is 0 Å². The second-order valence-corrected chi connectivity index (χ2v) is 5.08. The number of methoxy groups -OCH3 is 1. The molecule has 1 aromatic rings. The number of carbonyl (C=O) groups is 1. The van der Waals surface area contributed by atoms with Crippen molar-refractivity contribution >= 4 is 5.78 Å². The van der Waals surface area contributed by atoms with E-state index < -0.39 is 0 Å². The topological polar surface area (TPSA) is 38.3 Å². The Morgan fingerprint density at radius 3 is 2.47 bits per heavy atom. The predicted molar refractivity (Wildman–Crippen MR) is 79.1 cm³/mol. The van der Waals surface area contributed by atoms with E-state index in [1.165, 1.54) is 22.3 Å². The Balaban J connectivity index is 2.64. The van der Waals surface area contributed by atoms with E-state index in [1.807, 2.05) is 0 Å². The summed E-state index contributed by atoms with van der Waals surface area (Å²) in [6.45, 7) is 9.67. The summed E-state index contributed by atoms with van der Waals surface area (Å²) in [5.41, 5.74) is 5.18. The molecular weight excluding hydrogens is 238 g/mol. The SMILES string of the molecule is COc1cc(C)c(CCNCCC(C)=O)c(C)c1C. The number of nitrogens with one attached hydrogen (secondary N) is 1. The first-order valence-electron chi connectivity index (χ1n) is 6.81. The van der Waals surface area contributed by atoms with Crippen LogP contribution in [0.3, 0.4) is 0 Å². The summed E-state index contributed by atoms with van der Waals surface area (Å²) in [6, 6.07) is 2.10. The van der Waals surface area contributed by atoms with Gasteiger partial charge in [-0.25, -0.2) is 0 Å². The Hall–Kier alpha value is -1.35. The van der Waals surface area contributed by atoms with Gasteiger partial charge in [-0.1, -0.05) is 0 Å². The molecule has 0 fully saturated rings. The molecule has 0 unspecified atom stereocenters. The Kier molecular flexibility index (Phi) is 6.03. The van der Waals surface area contributed by atoms with Crippen LogP contribution in [0.4, 0.5) is 0 Å². The standard InChI is InChI=1S/C16H25NO2/c1-11-10-16(19-5)14(4)13(3)15(11)7-9-17-8-6-12(2)18/h10,17H,6-9H2,1-5H3. The molecule has 0 aliphatic rings. The minimum absolute atomic E-state index is 0.236. The lowest BCUT2D eigenvalue weighted by molar-refractivity contribution is -0.116. The highest BCUT2D eigenvalue weighted by Crippen LogP contribution is 2.27. The van der Waals surface area contributed by atoms with Gasteiger partial charge in [-0.15, -0.1) is 0 Å². The smallest absolute Gasteiger partial charge is 0.131 e. The molecule has 1 rings (SSSR count). The van der Waals surface area contributed by atoms with Crippen molar-refractivity contribution in [2.75, 3.05) is 20.2 Å².